The number of carbonyl (C=O) groups excluding carboxylic acids is 1. The van der Waals surface area contributed by atoms with E-state index in [0.717, 1.165) is 6.42 Å². The van der Waals surface area contributed by atoms with Crippen molar-refractivity contribution >= 4 is 16.8 Å². The maximum absolute atomic E-state index is 13.6. The van der Waals surface area contributed by atoms with Crippen LogP contribution < -0.4 is 10.3 Å². The minimum absolute atomic E-state index is 0.126. The molecule has 1 aliphatic carbocycles. The van der Waals surface area contributed by atoms with Gasteiger partial charge >= 0.3 is 0 Å². The Kier molecular flexibility index (Phi) is 7.11. The first kappa shape index (κ1) is 23.0. The Morgan fingerprint density at radius 1 is 1.15 bits per heavy atom. The predicted molar refractivity (Wildman–Crippen MR) is 131 cm³/mol. The monoisotopic (exact) mass is 447 g/mol. The van der Waals surface area contributed by atoms with E-state index in [1.54, 1.807) is 17.7 Å². The van der Waals surface area contributed by atoms with Crippen molar-refractivity contribution < 1.29 is 9.53 Å². The second-order valence-corrected chi connectivity index (χ2v) is 8.87. The van der Waals surface area contributed by atoms with Gasteiger partial charge < -0.3 is 9.64 Å². The zero-order chi connectivity index (χ0) is 23.4. The van der Waals surface area contributed by atoms with E-state index in [1.165, 1.54) is 25.7 Å². The molecule has 0 radical (unpaired) electrons. The highest BCUT2D eigenvalue weighted by Crippen LogP contribution is 2.30. The smallest absolute Gasteiger partial charge is 0.266 e. The molecule has 6 heteroatoms. The van der Waals surface area contributed by atoms with E-state index in [-0.39, 0.29) is 17.5 Å². The second kappa shape index (κ2) is 10.2. The standard InChI is InChI=1S/C27H33N3O3/c1-4-29(25(31)18-13-20-9-5-6-10-20)19(2)26-28-24-12-8-7-11-23(24)27(32)30(26)21-14-16-22(33-3)17-15-21/h7-8,11-12,14-17,19-20H,4-6,9-10,13,18H2,1-3H3. The molecule has 33 heavy (non-hydrogen) atoms. The van der Waals surface area contributed by atoms with Gasteiger partial charge in [0.25, 0.3) is 5.56 Å². The van der Waals surface area contributed by atoms with E-state index in [0.29, 0.717) is 47.0 Å². The average molecular weight is 448 g/mol. The zero-order valence-corrected chi connectivity index (χ0v) is 19.8. The van der Waals surface area contributed by atoms with Crippen molar-refractivity contribution in [1.29, 1.82) is 0 Å². The summed E-state index contributed by atoms with van der Waals surface area (Å²) in [5.41, 5.74) is 1.21. The van der Waals surface area contributed by atoms with E-state index >= 15 is 0 Å². The number of carbonyl (C=O) groups is 1. The third-order valence-corrected chi connectivity index (χ3v) is 6.88. The van der Waals surface area contributed by atoms with Gasteiger partial charge in [0.05, 0.1) is 29.7 Å². The highest BCUT2D eigenvalue weighted by molar-refractivity contribution is 5.79. The quantitative estimate of drug-likeness (QED) is 0.472. The van der Waals surface area contributed by atoms with Gasteiger partial charge in [-0.25, -0.2) is 4.98 Å². The zero-order valence-electron chi connectivity index (χ0n) is 19.8. The number of methoxy groups -OCH3 is 1. The molecular weight excluding hydrogens is 414 g/mol. The third kappa shape index (κ3) is 4.80. The number of benzene rings is 2. The lowest BCUT2D eigenvalue weighted by molar-refractivity contribution is -0.133. The summed E-state index contributed by atoms with van der Waals surface area (Å²) in [6.45, 7) is 4.52. The Hall–Kier alpha value is -3.15. The highest BCUT2D eigenvalue weighted by atomic mass is 16.5. The van der Waals surface area contributed by atoms with Crippen molar-refractivity contribution in [3.63, 3.8) is 0 Å². The Morgan fingerprint density at radius 3 is 2.52 bits per heavy atom. The first-order valence-corrected chi connectivity index (χ1v) is 12.0. The Labute approximate surface area is 195 Å². The molecule has 4 rings (SSSR count). The molecule has 0 bridgehead atoms. The van der Waals surface area contributed by atoms with Gasteiger partial charge in [-0.05, 0) is 62.6 Å². The van der Waals surface area contributed by atoms with Gasteiger partial charge in [-0.15, -0.1) is 0 Å². The summed E-state index contributed by atoms with van der Waals surface area (Å²) >= 11 is 0. The number of nitrogens with zero attached hydrogens (tertiary/aromatic N) is 3. The highest BCUT2D eigenvalue weighted by Gasteiger charge is 2.26. The molecule has 1 amide bonds. The minimum Gasteiger partial charge on any atom is -0.497 e. The van der Waals surface area contributed by atoms with Crippen molar-refractivity contribution in [2.75, 3.05) is 13.7 Å². The molecule has 3 aromatic rings. The van der Waals surface area contributed by atoms with Crippen LogP contribution in [0.2, 0.25) is 0 Å². The molecule has 0 saturated heterocycles. The molecule has 0 spiro atoms. The molecular formula is C27H33N3O3. The molecule has 1 heterocycles. The van der Waals surface area contributed by atoms with E-state index in [4.69, 9.17) is 9.72 Å². The summed E-state index contributed by atoms with van der Waals surface area (Å²) in [4.78, 5) is 33.5. The van der Waals surface area contributed by atoms with Crippen LogP contribution in [-0.2, 0) is 4.79 Å². The molecule has 1 aromatic heterocycles. The van der Waals surface area contributed by atoms with Crippen molar-refractivity contribution in [2.24, 2.45) is 5.92 Å². The maximum atomic E-state index is 13.6. The van der Waals surface area contributed by atoms with Crippen molar-refractivity contribution in [1.82, 2.24) is 14.5 Å². The van der Waals surface area contributed by atoms with Gasteiger partial charge in [0, 0.05) is 13.0 Å². The molecule has 1 atom stereocenters. The van der Waals surface area contributed by atoms with Crippen LogP contribution in [0.3, 0.4) is 0 Å². The lowest BCUT2D eigenvalue weighted by atomic mass is 10.0. The summed E-state index contributed by atoms with van der Waals surface area (Å²) in [7, 11) is 1.61. The summed E-state index contributed by atoms with van der Waals surface area (Å²) in [5, 5.41) is 0.555. The van der Waals surface area contributed by atoms with Crippen LogP contribution >= 0.6 is 0 Å². The van der Waals surface area contributed by atoms with Gasteiger partial charge in [0.2, 0.25) is 5.91 Å². The summed E-state index contributed by atoms with van der Waals surface area (Å²) in [5.74, 6) is 2.08. The topological polar surface area (TPSA) is 64.4 Å². The normalized spacial score (nSPS) is 15.0. The molecule has 0 aliphatic heterocycles. The predicted octanol–water partition coefficient (Wildman–Crippen LogP) is 5.27. The summed E-state index contributed by atoms with van der Waals surface area (Å²) in [6.07, 6.45) is 6.52. The third-order valence-electron chi connectivity index (χ3n) is 6.88. The van der Waals surface area contributed by atoms with Gasteiger partial charge in [0.1, 0.15) is 11.6 Å². The number of hydrogen-bond donors (Lipinski definition) is 0. The van der Waals surface area contributed by atoms with Crippen molar-refractivity contribution in [3.8, 4) is 11.4 Å². The lowest BCUT2D eigenvalue weighted by Crippen LogP contribution is -2.37. The molecule has 1 aliphatic rings. The minimum atomic E-state index is -0.342. The number of para-hydroxylation sites is 1. The molecule has 6 nitrogen and oxygen atoms in total. The largest absolute Gasteiger partial charge is 0.497 e. The number of hydrogen-bond acceptors (Lipinski definition) is 4. The molecule has 1 saturated carbocycles. The number of fused-ring (bicyclic) bond motifs is 1. The van der Waals surface area contributed by atoms with Crippen LogP contribution in [0.1, 0.15) is 64.2 Å². The molecule has 0 N–H and O–H groups in total. The van der Waals surface area contributed by atoms with Crippen molar-refractivity contribution in [2.45, 2.75) is 58.4 Å². The summed E-state index contributed by atoms with van der Waals surface area (Å²) in [6, 6.07) is 14.4. The first-order valence-electron chi connectivity index (χ1n) is 12.0. The fourth-order valence-electron chi connectivity index (χ4n) is 4.99. The van der Waals surface area contributed by atoms with Crippen LogP contribution in [0.25, 0.3) is 16.6 Å². The van der Waals surface area contributed by atoms with Gasteiger partial charge in [-0.1, -0.05) is 37.8 Å². The fraction of sp³-hybridized carbons (Fsp3) is 0.444. The van der Waals surface area contributed by atoms with E-state index in [9.17, 15) is 9.59 Å². The van der Waals surface area contributed by atoms with Crippen LogP contribution in [0, 0.1) is 5.92 Å². The molecule has 2 aromatic carbocycles. The molecule has 1 unspecified atom stereocenters. The number of aromatic nitrogens is 2. The average Bonchev–Trinajstić information content (AvgIpc) is 3.37. The molecule has 174 valence electrons. The maximum Gasteiger partial charge on any atom is 0.266 e. The van der Waals surface area contributed by atoms with E-state index in [2.05, 4.69) is 0 Å². The van der Waals surface area contributed by atoms with Crippen LogP contribution in [0.4, 0.5) is 0 Å². The Balaban J connectivity index is 1.73. The van der Waals surface area contributed by atoms with Crippen LogP contribution in [0.15, 0.2) is 53.3 Å². The number of amides is 1. The van der Waals surface area contributed by atoms with Gasteiger partial charge in [-0.3, -0.25) is 14.2 Å². The van der Waals surface area contributed by atoms with Gasteiger partial charge in [-0.2, -0.15) is 0 Å². The fourth-order valence-corrected chi connectivity index (χ4v) is 4.99. The first-order chi connectivity index (χ1) is 16.0. The number of rotatable bonds is 8. The van der Waals surface area contributed by atoms with Crippen LogP contribution in [0.5, 0.6) is 5.75 Å². The Bertz CT molecular complexity index is 1160. The molecule has 1 fully saturated rings. The summed E-state index contributed by atoms with van der Waals surface area (Å²) < 4.78 is 6.92. The van der Waals surface area contributed by atoms with Gasteiger partial charge in [0.15, 0.2) is 0 Å². The SMILES string of the molecule is CCN(C(=O)CCC1CCCC1)C(C)c1nc2ccccc2c(=O)n1-c1ccc(OC)cc1. The van der Waals surface area contributed by atoms with E-state index in [1.807, 2.05) is 61.2 Å². The van der Waals surface area contributed by atoms with E-state index < -0.39 is 0 Å². The van der Waals surface area contributed by atoms with Crippen molar-refractivity contribution in [3.05, 3.63) is 64.7 Å². The van der Waals surface area contributed by atoms with Crippen LogP contribution in [-0.4, -0.2) is 34.0 Å². The Morgan fingerprint density at radius 2 is 1.85 bits per heavy atom. The lowest BCUT2D eigenvalue weighted by Gasteiger charge is -2.30. The number of ether oxygens (including phenoxy) is 1. The second-order valence-electron chi connectivity index (χ2n) is 8.87.